The SMILES string of the molecule is Clc1ccc(Br)c(CNCCc2ncn[nH]2)c1. The molecule has 2 rings (SSSR count). The third-order valence-electron chi connectivity index (χ3n) is 2.33. The Morgan fingerprint density at radius 3 is 3.06 bits per heavy atom. The van der Waals surface area contributed by atoms with Crippen LogP contribution in [0.2, 0.25) is 5.02 Å². The summed E-state index contributed by atoms with van der Waals surface area (Å²) in [6, 6.07) is 5.77. The molecule has 90 valence electrons. The minimum Gasteiger partial charge on any atom is -0.312 e. The maximum atomic E-state index is 5.94. The van der Waals surface area contributed by atoms with Crippen LogP contribution in [0.15, 0.2) is 29.0 Å². The van der Waals surface area contributed by atoms with Crippen molar-refractivity contribution >= 4 is 27.5 Å². The summed E-state index contributed by atoms with van der Waals surface area (Å²) in [5.41, 5.74) is 1.15. The molecule has 1 aromatic carbocycles. The Kier molecular flexibility index (Phi) is 4.53. The number of H-pyrrole nitrogens is 1. The molecular formula is C11H12BrClN4. The van der Waals surface area contributed by atoms with Gasteiger partial charge in [0.05, 0.1) is 0 Å². The number of aromatic nitrogens is 3. The van der Waals surface area contributed by atoms with E-state index in [1.807, 2.05) is 18.2 Å². The van der Waals surface area contributed by atoms with E-state index in [4.69, 9.17) is 11.6 Å². The Morgan fingerprint density at radius 1 is 1.41 bits per heavy atom. The highest BCUT2D eigenvalue weighted by atomic mass is 79.9. The maximum Gasteiger partial charge on any atom is 0.137 e. The van der Waals surface area contributed by atoms with Crippen molar-refractivity contribution in [2.75, 3.05) is 6.54 Å². The zero-order valence-corrected chi connectivity index (χ0v) is 11.4. The Hall–Kier alpha value is -0.910. The quantitative estimate of drug-likeness (QED) is 0.834. The third-order valence-corrected chi connectivity index (χ3v) is 3.34. The van der Waals surface area contributed by atoms with Crippen molar-refractivity contribution in [3.8, 4) is 0 Å². The first-order valence-corrected chi connectivity index (χ1v) is 6.41. The van der Waals surface area contributed by atoms with Gasteiger partial charge in [-0.2, -0.15) is 5.10 Å². The van der Waals surface area contributed by atoms with Crippen LogP contribution in [0.3, 0.4) is 0 Å². The average Bonchev–Trinajstić information content (AvgIpc) is 2.82. The molecule has 0 amide bonds. The molecule has 6 heteroatoms. The molecule has 0 fully saturated rings. The van der Waals surface area contributed by atoms with E-state index in [2.05, 4.69) is 36.4 Å². The van der Waals surface area contributed by atoms with Crippen LogP contribution in [0.5, 0.6) is 0 Å². The Labute approximate surface area is 113 Å². The first kappa shape index (κ1) is 12.5. The van der Waals surface area contributed by atoms with Crippen LogP contribution in [0.1, 0.15) is 11.4 Å². The predicted molar refractivity (Wildman–Crippen MR) is 70.9 cm³/mol. The summed E-state index contributed by atoms with van der Waals surface area (Å²) in [5.74, 6) is 0.891. The van der Waals surface area contributed by atoms with E-state index in [9.17, 15) is 0 Å². The number of nitrogens with zero attached hydrogens (tertiary/aromatic N) is 2. The van der Waals surface area contributed by atoms with Gasteiger partial charge in [0.2, 0.25) is 0 Å². The molecule has 0 aliphatic heterocycles. The monoisotopic (exact) mass is 314 g/mol. The highest BCUT2D eigenvalue weighted by molar-refractivity contribution is 9.10. The fraction of sp³-hybridized carbons (Fsp3) is 0.273. The number of hydrogen-bond donors (Lipinski definition) is 2. The molecule has 1 heterocycles. The summed E-state index contributed by atoms with van der Waals surface area (Å²) < 4.78 is 1.06. The van der Waals surface area contributed by atoms with Gasteiger partial charge >= 0.3 is 0 Å². The first-order chi connectivity index (χ1) is 8.25. The molecule has 0 spiro atoms. The van der Waals surface area contributed by atoms with Crippen molar-refractivity contribution < 1.29 is 0 Å². The summed E-state index contributed by atoms with van der Waals surface area (Å²) in [4.78, 5) is 4.06. The van der Waals surface area contributed by atoms with Gasteiger partial charge in [-0.3, -0.25) is 5.10 Å². The van der Waals surface area contributed by atoms with E-state index in [0.717, 1.165) is 40.4 Å². The number of benzene rings is 1. The molecule has 0 unspecified atom stereocenters. The lowest BCUT2D eigenvalue weighted by atomic mass is 10.2. The van der Waals surface area contributed by atoms with Crippen molar-refractivity contribution in [1.82, 2.24) is 20.5 Å². The predicted octanol–water partition coefficient (Wildman–Crippen LogP) is 2.55. The number of nitrogens with one attached hydrogen (secondary N) is 2. The van der Waals surface area contributed by atoms with Crippen molar-refractivity contribution in [3.05, 3.63) is 45.4 Å². The van der Waals surface area contributed by atoms with E-state index in [1.54, 1.807) is 0 Å². The molecule has 0 atom stereocenters. The second kappa shape index (κ2) is 6.14. The third kappa shape index (κ3) is 3.80. The molecule has 2 aromatic rings. The summed E-state index contributed by atoms with van der Waals surface area (Å²) in [5, 5.41) is 10.7. The molecule has 2 N–H and O–H groups in total. The van der Waals surface area contributed by atoms with Gasteiger partial charge in [-0.1, -0.05) is 27.5 Å². The summed E-state index contributed by atoms with van der Waals surface area (Å²) in [6.07, 6.45) is 2.35. The topological polar surface area (TPSA) is 53.6 Å². The van der Waals surface area contributed by atoms with Crippen LogP contribution < -0.4 is 5.32 Å². The van der Waals surface area contributed by atoms with Gasteiger partial charge < -0.3 is 5.32 Å². The molecule has 0 saturated heterocycles. The molecule has 0 saturated carbocycles. The van der Waals surface area contributed by atoms with E-state index < -0.39 is 0 Å². The molecule has 1 aromatic heterocycles. The van der Waals surface area contributed by atoms with Crippen LogP contribution in [-0.2, 0) is 13.0 Å². The molecule has 0 radical (unpaired) electrons. The van der Waals surface area contributed by atoms with Crippen LogP contribution >= 0.6 is 27.5 Å². The number of halogens is 2. The molecular weight excluding hydrogens is 304 g/mol. The number of rotatable bonds is 5. The van der Waals surface area contributed by atoms with Gasteiger partial charge in [-0.15, -0.1) is 0 Å². The van der Waals surface area contributed by atoms with Crippen LogP contribution in [0.25, 0.3) is 0 Å². The van der Waals surface area contributed by atoms with Gasteiger partial charge in [0, 0.05) is 29.0 Å². The number of aromatic amines is 1. The van der Waals surface area contributed by atoms with E-state index in [-0.39, 0.29) is 0 Å². The zero-order chi connectivity index (χ0) is 12.1. The van der Waals surface area contributed by atoms with Gasteiger partial charge in [0.25, 0.3) is 0 Å². The van der Waals surface area contributed by atoms with Gasteiger partial charge in [0.1, 0.15) is 12.2 Å². The van der Waals surface area contributed by atoms with Crippen molar-refractivity contribution in [2.45, 2.75) is 13.0 Å². The second-order valence-electron chi connectivity index (χ2n) is 3.59. The van der Waals surface area contributed by atoms with Gasteiger partial charge in [0.15, 0.2) is 0 Å². The smallest absolute Gasteiger partial charge is 0.137 e. The Morgan fingerprint density at radius 2 is 2.29 bits per heavy atom. The van der Waals surface area contributed by atoms with Crippen LogP contribution in [-0.4, -0.2) is 21.7 Å². The minimum atomic E-state index is 0.750. The lowest BCUT2D eigenvalue weighted by Gasteiger charge is -2.06. The van der Waals surface area contributed by atoms with Crippen molar-refractivity contribution in [2.24, 2.45) is 0 Å². The average molecular weight is 316 g/mol. The molecule has 0 bridgehead atoms. The van der Waals surface area contributed by atoms with Crippen LogP contribution in [0, 0.1) is 0 Å². The minimum absolute atomic E-state index is 0.750. The lowest BCUT2D eigenvalue weighted by molar-refractivity contribution is 0.670. The van der Waals surface area contributed by atoms with Gasteiger partial charge in [-0.05, 0) is 23.8 Å². The molecule has 17 heavy (non-hydrogen) atoms. The van der Waals surface area contributed by atoms with Crippen molar-refractivity contribution in [1.29, 1.82) is 0 Å². The fourth-order valence-corrected chi connectivity index (χ4v) is 2.04. The Bertz CT molecular complexity index is 472. The number of hydrogen-bond acceptors (Lipinski definition) is 3. The molecule has 4 nitrogen and oxygen atoms in total. The zero-order valence-electron chi connectivity index (χ0n) is 9.08. The van der Waals surface area contributed by atoms with E-state index in [0.29, 0.717) is 0 Å². The normalized spacial score (nSPS) is 10.7. The highest BCUT2D eigenvalue weighted by Crippen LogP contribution is 2.20. The summed E-state index contributed by atoms with van der Waals surface area (Å²) in [6.45, 7) is 1.61. The Balaban J connectivity index is 1.80. The highest BCUT2D eigenvalue weighted by Gasteiger charge is 2.01. The lowest BCUT2D eigenvalue weighted by Crippen LogP contribution is -2.17. The fourth-order valence-electron chi connectivity index (χ4n) is 1.46. The standard InChI is InChI=1S/C11H12BrClN4/c12-10-2-1-9(13)5-8(10)6-14-4-3-11-15-7-16-17-11/h1-2,5,7,14H,3-4,6H2,(H,15,16,17). The van der Waals surface area contributed by atoms with Crippen LogP contribution in [0.4, 0.5) is 0 Å². The largest absolute Gasteiger partial charge is 0.312 e. The summed E-state index contributed by atoms with van der Waals surface area (Å²) >= 11 is 9.43. The maximum absolute atomic E-state index is 5.94. The molecule has 0 aliphatic rings. The van der Waals surface area contributed by atoms with Gasteiger partial charge in [-0.25, -0.2) is 4.98 Å². The molecule has 0 aliphatic carbocycles. The van der Waals surface area contributed by atoms with E-state index in [1.165, 1.54) is 6.33 Å². The second-order valence-corrected chi connectivity index (χ2v) is 4.89. The summed E-state index contributed by atoms with van der Waals surface area (Å²) in [7, 11) is 0. The van der Waals surface area contributed by atoms with E-state index >= 15 is 0 Å². The van der Waals surface area contributed by atoms with Crippen molar-refractivity contribution in [3.63, 3.8) is 0 Å². The first-order valence-electron chi connectivity index (χ1n) is 5.24.